The zero-order valence-corrected chi connectivity index (χ0v) is 20.3. The van der Waals surface area contributed by atoms with Crippen molar-refractivity contribution in [3.63, 3.8) is 0 Å². The molecule has 2 aromatic carbocycles. The lowest BCUT2D eigenvalue weighted by Crippen LogP contribution is -2.45. The van der Waals surface area contributed by atoms with Crippen molar-refractivity contribution in [2.75, 3.05) is 31.6 Å². The number of ether oxygens (including phenoxy) is 1. The van der Waals surface area contributed by atoms with Crippen molar-refractivity contribution >= 4 is 40.4 Å². The zero-order chi connectivity index (χ0) is 24.0. The first kappa shape index (κ1) is 24.8. The van der Waals surface area contributed by atoms with Gasteiger partial charge >= 0.3 is 0 Å². The number of sulfonamides is 1. The number of benzene rings is 2. The predicted octanol–water partition coefficient (Wildman–Crippen LogP) is 2.02. The van der Waals surface area contributed by atoms with Gasteiger partial charge < -0.3 is 10.1 Å². The number of carbonyl (C=O) groups is 1. The third-order valence-electron chi connectivity index (χ3n) is 5.13. The van der Waals surface area contributed by atoms with Gasteiger partial charge in [0, 0.05) is 18.7 Å². The molecule has 1 amide bonds. The number of rotatable bonds is 10. The number of hydrogen-bond acceptors (Lipinski definition) is 9. The SMILES string of the molecule is CCN(CC)S(=O)(=O)c1ccc(C(=O)NCC2=NNC(OS)N2c2ccccc2OC)cc1. The van der Waals surface area contributed by atoms with E-state index < -0.39 is 16.4 Å². The van der Waals surface area contributed by atoms with Crippen LogP contribution in [-0.2, 0) is 14.2 Å². The maximum absolute atomic E-state index is 12.7. The largest absolute Gasteiger partial charge is 0.495 e. The zero-order valence-electron chi connectivity index (χ0n) is 18.6. The van der Waals surface area contributed by atoms with E-state index in [1.54, 1.807) is 31.9 Å². The molecule has 2 aromatic rings. The molecule has 12 heteroatoms. The lowest BCUT2D eigenvalue weighted by Gasteiger charge is -2.26. The van der Waals surface area contributed by atoms with Crippen LogP contribution >= 0.6 is 12.9 Å². The van der Waals surface area contributed by atoms with Crippen LogP contribution in [0.2, 0.25) is 0 Å². The van der Waals surface area contributed by atoms with Gasteiger partial charge in [0.05, 0.1) is 24.2 Å². The van der Waals surface area contributed by atoms with Gasteiger partial charge in [-0.2, -0.15) is 9.41 Å². The van der Waals surface area contributed by atoms with E-state index >= 15 is 0 Å². The van der Waals surface area contributed by atoms with Crippen molar-refractivity contribution in [3.8, 4) is 5.75 Å². The monoisotopic (exact) mass is 493 g/mol. The molecule has 0 saturated heterocycles. The highest BCUT2D eigenvalue weighted by Crippen LogP contribution is 2.31. The van der Waals surface area contributed by atoms with E-state index in [0.29, 0.717) is 35.9 Å². The van der Waals surface area contributed by atoms with E-state index in [-0.39, 0.29) is 17.3 Å². The Balaban J connectivity index is 1.72. The van der Waals surface area contributed by atoms with Crippen molar-refractivity contribution in [2.24, 2.45) is 5.10 Å². The lowest BCUT2D eigenvalue weighted by molar-refractivity contribution is 0.0959. The van der Waals surface area contributed by atoms with Gasteiger partial charge in [-0.15, -0.1) is 0 Å². The van der Waals surface area contributed by atoms with Crippen molar-refractivity contribution in [1.29, 1.82) is 0 Å². The number of nitrogens with zero attached hydrogens (tertiary/aromatic N) is 3. The normalized spacial score (nSPS) is 15.8. The lowest BCUT2D eigenvalue weighted by atomic mass is 10.2. The van der Waals surface area contributed by atoms with Crippen LogP contribution in [0, 0.1) is 0 Å². The molecule has 0 saturated carbocycles. The summed E-state index contributed by atoms with van der Waals surface area (Å²) in [5, 5.41) is 7.03. The van der Waals surface area contributed by atoms with Crippen LogP contribution < -0.4 is 20.4 Å². The minimum atomic E-state index is -3.59. The summed E-state index contributed by atoms with van der Waals surface area (Å²) in [4.78, 5) is 14.5. The van der Waals surface area contributed by atoms with Crippen molar-refractivity contribution in [2.45, 2.75) is 25.1 Å². The van der Waals surface area contributed by atoms with Crippen molar-refractivity contribution in [1.82, 2.24) is 15.0 Å². The summed E-state index contributed by atoms with van der Waals surface area (Å²) in [6, 6.07) is 13.1. The number of carbonyl (C=O) groups excluding carboxylic acids is 1. The highest BCUT2D eigenvalue weighted by Gasteiger charge is 2.31. The number of methoxy groups -OCH3 is 1. The van der Waals surface area contributed by atoms with Crippen LogP contribution in [0.25, 0.3) is 0 Å². The first-order chi connectivity index (χ1) is 15.9. The number of amidine groups is 1. The van der Waals surface area contributed by atoms with Gasteiger partial charge in [0.1, 0.15) is 5.75 Å². The standard InChI is InChI=1S/C21H27N5O5S2/c1-4-25(5-2)33(28,29)16-12-10-15(11-13-16)20(27)22-14-19-23-24-21(31-32)26(19)17-8-6-7-9-18(17)30-3/h6-13,21,24,32H,4-5,14H2,1-3H3,(H,22,27). The van der Waals surface area contributed by atoms with E-state index in [4.69, 9.17) is 8.92 Å². The molecule has 0 fully saturated rings. The van der Waals surface area contributed by atoms with Crippen molar-refractivity contribution < 1.29 is 22.1 Å². The highest BCUT2D eigenvalue weighted by atomic mass is 32.2. The van der Waals surface area contributed by atoms with Crippen LogP contribution in [0.1, 0.15) is 24.2 Å². The number of para-hydroxylation sites is 2. The summed E-state index contributed by atoms with van der Waals surface area (Å²) >= 11 is 3.90. The molecule has 0 aromatic heterocycles. The molecule has 3 rings (SSSR count). The first-order valence-electron chi connectivity index (χ1n) is 10.3. The maximum atomic E-state index is 12.7. The van der Waals surface area contributed by atoms with Crippen LogP contribution in [0.5, 0.6) is 5.75 Å². The molecule has 0 radical (unpaired) electrons. The Morgan fingerprint density at radius 2 is 1.85 bits per heavy atom. The Kier molecular flexibility index (Phi) is 8.19. The predicted molar refractivity (Wildman–Crippen MR) is 129 cm³/mol. The third-order valence-corrected chi connectivity index (χ3v) is 7.39. The second kappa shape index (κ2) is 10.9. The minimum absolute atomic E-state index is 0.0804. The summed E-state index contributed by atoms with van der Waals surface area (Å²) in [5.41, 5.74) is 3.81. The van der Waals surface area contributed by atoms with E-state index in [2.05, 4.69) is 28.8 Å². The number of thiol groups is 1. The summed E-state index contributed by atoms with van der Waals surface area (Å²) < 4.78 is 37.2. The molecule has 1 aliphatic heterocycles. The topological polar surface area (TPSA) is 113 Å². The molecule has 0 aliphatic carbocycles. The van der Waals surface area contributed by atoms with Crippen LogP contribution in [0.4, 0.5) is 5.69 Å². The van der Waals surface area contributed by atoms with Crippen molar-refractivity contribution in [3.05, 3.63) is 54.1 Å². The Bertz CT molecular complexity index is 1100. The van der Waals surface area contributed by atoms with E-state index in [1.807, 2.05) is 18.2 Å². The fourth-order valence-corrected chi connectivity index (χ4v) is 5.02. The third kappa shape index (κ3) is 5.24. The Morgan fingerprint density at radius 1 is 1.18 bits per heavy atom. The summed E-state index contributed by atoms with van der Waals surface area (Å²) in [7, 11) is -2.03. The molecular weight excluding hydrogens is 466 g/mol. The van der Waals surface area contributed by atoms with Gasteiger partial charge in [-0.1, -0.05) is 26.0 Å². The molecule has 10 nitrogen and oxygen atoms in total. The Morgan fingerprint density at radius 3 is 2.45 bits per heavy atom. The number of hydrazone groups is 1. The molecule has 1 heterocycles. The van der Waals surface area contributed by atoms with Gasteiger partial charge in [0.25, 0.3) is 5.91 Å². The van der Waals surface area contributed by atoms with Crippen LogP contribution in [0.3, 0.4) is 0 Å². The first-order valence-corrected chi connectivity index (χ1v) is 12.1. The fourth-order valence-electron chi connectivity index (χ4n) is 3.42. The highest BCUT2D eigenvalue weighted by molar-refractivity contribution is 7.89. The molecule has 1 atom stereocenters. The molecule has 0 bridgehead atoms. The molecule has 0 spiro atoms. The van der Waals surface area contributed by atoms with Gasteiger partial charge in [-0.25, -0.2) is 8.42 Å². The minimum Gasteiger partial charge on any atom is -0.495 e. The second-order valence-corrected chi connectivity index (χ2v) is 9.10. The molecule has 2 N–H and O–H groups in total. The number of hydrogen-bond donors (Lipinski definition) is 3. The van der Waals surface area contributed by atoms with Crippen LogP contribution in [0.15, 0.2) is 58.5 Å². The smallest absolute Gasteiger partial charge is 0.251 e. The molecular formula is C21H27N5O5S2. The average Bonchev–Trinajstić information content (AvgIpc) is 3.25. The van der Waals surface area contributed by atoms with E-state index in [9.17, 15) is 13.2 Å². The number of nitrogens with one attached hydrogen (secondary N) is 2. The van der Waals surface area contributed by atoms with Gasteiger partial charge in [-0.05, 0) is 49.3 Å². The summed E-state index contributed by atoms with van der Waals surface area (Å²) in [6.07, 6.45) is -0.693. The molecule has 1 aliphatic rings. The van der Waals surface area contributed by atoms with E-state index in [1.165, 1.54) is 28.6 Å². The Hall–Kier alpha value is -2.80. The Labute approximate surface area is 199 Å². The van der Waals surface area contributed by atoms with Gasteiger partial charge in [0.15, 0.2) is 5.84 Å². The summed E-state index contributed by atoms with van der Waals surface area (Å²) in [6.45, 7) is 4.38. The van der Waals surface area contributed by atoms with Gasteiger partial charge in [0.2, 0.25) is 16.4 Å². The number of anilines is 1. The van der Waals surface area contributed by atoms with E-state index in [0.717, 1.165) is 0 Å². The molecule has 178 valence electrons. The molecule has 1 unspecified atom stereocenters. The molecule has 33 heavy (non-hydrogen) atoms. The quantitative estimate of drug-likeness (QED) is 0.343. The maximum Gasteiger partial charge on any atom is 0.251 e. The number of amides is 1. The second-order valence-electron chi connectivity index (χ2n) is 6.95. The fraction of sp³-hybridized carbons (Fsp3) is 0.333. The average molecular weight is 494 g/mol. The van der Waals surface area contributed by atoms with Crippen LogP contribution in [-0.4, -0.2) is 57.6 Å². The van der Waals surface area contributed by atoms with Gasteiger partial charge in [-0.3, -0.25) is 19.3 Å². The summed E-state index contributed by atoms with van der Waals surface area (Å²) in [5.74, 6) is 0.702.